The largest absolute Gasteiger partial charge is 0.329 e. The van der Waals surface area contributed by atoms with Crippen molar-refractivity contribution < 1.29 is 0 Å². The molecule has 3 heterocycles. The molecule has 0 saturated carbocycles. The molecule has 0 spiro atoms. The Kier molecular flexibility index (Phi) is 4.83. The lowest BCUT2D eigenvalue weighted by Gasteiger charge is -2.11. The summed E-state index contributed by atoms with van der Waals surface area (Å²) in [7, 11) is 1.57. The Bertz CT molecular complexity index is 1570. The third-order valence-electron chi connectivity index (χ3n) is 5.30. The molecule has 0 fully saturated rings. The van der Waals surface area contributed by atoms with Crippen molar-refractivity contribution in [2.75, 3.05) is 5.43 Å². The quantitative estimate of drug-likeness (QED) is 0.332. The second kappa shape index (κ2) is 7.95. The summed E-state index contributed by atoms with van der Waals surface area (Å²) >= 11 is 0. The molecule has 158 valence electrons. The molecular weight excluding hydrogens is 406 g/mol. The van der Waals surface area contributed by atoms with Gasteiger partial charge in [0.1, 0.15) is 0 Å². The number of aryl methyl sites for hydroxylation is 1. The number of H-pyrrole nitrogens is 1. The van der Waals surface area contributed by atoms with Gasteiger partial charge in [0.15, 0.2) is 11.2 Å². The summed E-state index contributed by atoms with van der Waals surface area (Å²) < 4.78 is 3.05. The van der Waals surface area contributed by atoms with Gasteiger partial charge in [-0.2, -0.15) is 10.1 Å². The zero-order chi connectivity index (χ0) is 22.1. The number of hydrogen-bond donors (Lipinski definition) is 2. The maximum atomic E-state index is 12.7. The summed E-state index contributed by atoms with van der Waals surface area (Å²) in [5.41, 5.74) is 4.34. The zero-order valence-electron chi connectivity index (χ0n) is 17.2. The van der Waals surface area contributed by atoms with Crippen LogP contribution >= 0.6 is 0 Å². The number of imidazole rings is 1. The number of hydrogen-bond acceptors (Lipinski definition) is 6. The van der Waals surface area contributed by atoms with Gasteiger partial charge in [0.05, 0.1) is 12.8 Å². The smallest absolute Gasteiger partial charge is 0.298 e. The number of benzene rings is 2. The van der Waals surface area contributed by atoms with Crippen molar-refractivity contribution in [1.82, 2.24) is 24.1 Å². The highest BCUT2D eigenvalue weighted by molar-refractivity contribution is 5.86. The van der Waals surface area contributed by atoms with Gasteiger partial charge in [0, 0.05) is 19.4 Å². The molecule has 0 radical (unpaired) electrons. The van der Waals surface area contributed by atoms with E-state index in [2.05, 4.69) is 25.5 Å². The number of pyridine rings is 1. The van der Waals surface area contributed by atoms with Gasteiger partial charge in [-0.25, -0.2) is 10.2 Å². The predicted molar refractivity (Wildman–Crippen MR) is 124 cm³/mol. The van der Waals surface area contributed by atoms with Crippen LogP contribution in [0.3, 0.4) is 0 Å². The van der Waals surface area contributed by atoms with Crippen LogP contribution in [0.5, 0.6) is 0 Å². The topological polar surface area (TPSA) is 110 Å². The number of nitrogens with one attached hydrogen (secondary N) is 2. The van der Waals surface area contributed by atoms with Gasteiger partial charge >= 0.3 is 5.69 Å². The fourth-order valence-corrected chi connectivity index (χ4v) is 3.69. The summed E-state index contributed by atoms with van der Waals surface area (Å²) in [6, 6.07) is 17.7. The molecule has 2 aromatic carbocycles. The molecule has 5 aromatic rings. The second-order valence-electron chi connectivity index (χ2n) is 7.30. The van der Waals surface area contributed by atoms with Crippen molar-refractivity contribution in [3.8, 4) is 0 Å². The Labute approximate surface area is 181 Å². The number of aromatic nitrogens is 5. The van der Waals surface area contributed by atoms with Crippen molar-refractivity contribution in [1.29, 1.82) is 0 Å². The van der Waals surface area contributed by atoms with Crippen molar-refractivity contribution in [3.05, 3.63) is 99.0 Å². The van der Waals surface area contributed by atoms with Gasteiger partial charge in [-0.05, 0) is 34.0 Å². The summed E-state index contributed by atoms with van der Waals surface area (Å²) in [6.07, 6.45) is 4.98. The fraction of sp³-hybridized carbons (Fsp3) is 0.0870. The molecule has 0 amide bonds. The van der Waals surface area contributed by atoms with Gasteiger partial charge in [0.2, 0.25) is 5.95 Å². The Hall–Kier alpha value is -4.53. The highest BCUT2D eigenvalue weighted by atomic mass is 16.2. The van der Waals surface area contributed by atoms with Gasteiger partial charge < -0.3 is 0 Å². The highest BCUT2D eigenvalue weighted by Gasteiger charge is 2.18. The molecule has 0 atom stereocenters. The van der Waals surface area contributed by atoms with Gasteiger partial charge in [0.25, 0.3) is 5.56 Å². The Balaban J connectivity index is 1.64. The number of nitrogens with zero attached hydrogens (tertiary/aromatic N) is 5. The van der Waals surface area contributed by atoms with Crippen molar-refractivity contribution in [2.45, 2.75) is 6.54 Å². The molecule has 0 aliphatic heterocycles. The normalized spacial score (nSPS) is 11.5. The van der Waals surface area contributed by atoms with E-state index < -0.39 is 11.2 Å². The van der Waals surface area contributed by atoms with Crippen molar-refractivity contribution in [2.24, 2.45) is 12.1 Å². The molecule has 0 aliphatic carbocycles. The monoisotopic (exact) mass is 425 g/mol. The molecule has 0 unspecified atom stereocenters. The maximum Gasteiger partial charge on any atom is 0.329 e. The first-order chi connectivity index (χ1) is 15.6. The molecule has 9 nitrogen and oxygen atoms in total. The van der Waals surface area contributed by atoms with E-state index in [0.717, 1.165) is 21.9 Å². The molecule has 0 bridgehead atoms. The number of aromatic amines is 1. The molecule has 32 heavy (non-hydrogen) atoms. The fourth-order valence-electron chi connectivity index (χ4n) is 3.69. The van der Waals surface area contributed by atoms with Crippen molar-refractivity contribution >= 4 is 34.1 Å². The van der Waals surface area contributed by atoms with Gasteiger partial charge in [-0.3, -0.25) is 23.9 Å². The Morgan fingerprint density at radius 1 is 1.06 bits per heavy atom. The maximum absolute atomic E-state index is 12.7. The molecule has 2 N–H and O–H groups in total. The van der Waals surface area contributed by atoms with Crippen LogP contribution in [0.25, 0.3) is 21.9 Å². The average molecular weight is 425 g/mol. The molecule has 3 aromatic heterocycles. The molecule has 9 heteroatoms. The van der Waals surface area contributed by atoms with E-state index in [0.29, 0.717) is 18.0 Å². The highest BCUT2D eigenvalue weighted by Crippen LogP contribution is 2.23. The minimum atomic E-state index is -0.524. The van der Waals surface area contributed by atoms with Crippen LogP contribution in [0, 0.1) is 0 Å². The third kappa shape index (κ3) is 3.45. The van der Waals surface area contributed by atoms with Crippen LogP contribution in [-0.4, -0.2) is 30.3 Å². The van der Waals surface area contributed by atoms with E-state index >= 15 is 0 Å². The first-order valence-corrected chi connectivity index (χ1v) is 9.97. The third-order valence-corrected chi connectivity index (χ3v) is 5.30. The van der Waals surface area contributed by atoms with Crippen LogP contribution in [0.1, 0.15) is 11.1 Å². The molecule has 0 aliphatic rings. The second-order valence-corrected chi connectivity index (χ2v) is 7.30. The number of fused-ring (bicyclic) bond motifs is 2. The lowest BCUT2D eigenvalue weighted by Crippen LogP contribution is -2.29. The van der Waals surface area contributed by atoms with E-state index in [1.165, 1.54) is 4.57 Å². The number of hydrazone groups is 1. The van der Waals surface area contributed by atoms with Crippen LogP contribution in [0.4, 0.5) is 5.95 Å². The molecule has 5 rings (SSSR count). The minimum absolute atomic E-state index is 0.278. The first kappa shape index (κ1) is 19.4. The summed E-state index contributed by atoms with van der Waals surface area (Å²) in [5, 5.41) is 6.44. The van der Waals surface area contributed by atoms with E-state index in [9.17, 15) is 9.59 Å². The van der Waals surface area contributed by atoms with E-state index in [4.69, 9.17) is 0 Å². The number of anilines is 1. The Morgan fingerprint density at radius 2 is 1.84 bits per heavy atom. The summed E-state index contributed by atoms with van der Waals surface area (Å²) in [6.45, 7) is 0.367. The van der Waals surface area contributed by atoms with Crippen molar-refractivity contribution in [3.63, 3.8) is 0 Å². The standard InChI is InChI=1S/C23H19N7O2/c1-29-20-19(21(31)27-23(29)32)30(14-17-7-4-6-16-5-2-3-8-18(16)17)22(26-20)28-25-13-15-9-11-24-12-10-15/h2-13H,14H2,1H3,(H,26,28)(H,27,31,32). The van der Waals surface area contributed by atoms with Gasteiger partial charge in [-0.15, -0.1) is 0 Å². The van der Waals surface area contributed by atoms with Crippen LogP contribution in [0.15, 0.2) is 81.7 Å². The van der Waals surface area contributed by atoms with Gasteiger partial charge in [-0.1, -0.05) is 42.5 Å². The lowest BCUT2D eigenvalue weighted by molar-refractivity contribution is 0.811. The average Bonchev–Trinajstić information content (AvgIpc) is 3.17. The summed E-state index contributed by atoms with van der Waals surface area (Å²) in [5.74, 6) is 0.352. The van der Waals surface area contributed by atoms with Crippen LogP contribution < -0.4 is 16.7 Å². The minimum Gasteiger partial charge on any atom is -0.298 e. The summed E-state index contributed by atoms with van der Waals surface area (Å²) in [4.78, 5) is 35.7. The van der Waals surface area contributed by atoms with E-state index in [1.807, 2.05) is 54.6 Å². The Morgan fingerprint density at radius 3 is 2.69 bits per heavy atom. The lowest BCUT2D eigenvalue weighted by atomic mass is 10.0. The predicted octanol–water partition coefficient (Wildman–Crippen LogP) is 2.47. The molecular formula is C23H19N7O2. The molecule has 0 saturated heterocycles. The van der Waals surface area contributed by atoms with E-state index in [-0.39, 0.29) is 5.65 Å². The van der Waals surface area contributed by atoms with Crippen LogP contribution in [0.2, 0.25) is 0 Å². The zero-order valence-corrected chi connectivity index (χ0v) is 17.2. The first-order valence-electron chi connectivity index (χ1n) is 9.97. The van der Waals surface area contributed by atoms with E-state index in [1.54, 1.807) is 30.2 Å². The van der Waals surface area contributed by atoms with Crippen LogP contribution in [-0.2, 0) is 13.6 Å². The SMILES string of the molecule is Cn1c(=O)[nH]c(=O)c2c1nc(NN=Cc1ccncc1)n2Cc1cccc2ccccc12. The number of rotatable bonds is 5.